The Morgan fingerprint density at radius 2 is 2.12 bits per heavy atom. The van der Waals surface area contributed by atoms with Gasteiger partial charge in [0.05, 0.1) is 6.61 Å². The summed E-state index contributed by atoms with van der Waals surface area (Å²) in [7, 11) is 0. The molecule has 1 rings (SSSR count). The number of hydrogen-bond acceptors (Lipinski definition) is 3. The first-order valence-corrected chi connectivity index (χ1v) is 4.47. The van der Waals surface area contributed by atoms with Gasteiger partial charge >= 0.3 is 11.9 Å². The summed E-state index contributed by atoms with van der Waals surface area (Å²) in [5, 5.41) is 17.6. The summed E-state index contributed by atoms with van der Waals surface area (Å²) >= 11 is 0. The number of phenolic OH excluding ortho intramolecular Hbond substituents is 1. The SMILES string of the molecule is CCOc1cc(C(F)(F)C(=O)O)ccc1O. The van der Waals surface area contributed by atoms with Crippen LogP contribution in [0.1, 0.15) is 12.5 Å². The molecule has 0 saturated heterocycles. The van der Waals surface area contributed by atoms with Crippen LogP contribution in [-0.2, 0) is 10.7 Å². The average molecular weight is 232 g/mol. The summed E-state index contributed by atoms with van der Waals surface area (Å²) in [6.45, 7) is 1.79. The summed E-state index contributed by atoms with van der Waals surface area (Å²) < 4.78 is 31.1. The van der Waals surface area contributed by atoms with Gasteiger partial charge < -0.3 is 14.9 Å². The first-order valence-electron chi connectivity index (χ1n) is 4.47. The van der Waals surface area contributed by atoms with Gasteiger partial charge in [0.2, 0.25) is 0 Å². The predicted molar refractivity (Wildman–Crippen MR) is 50.8 cm³/mol. The maximum atomic E-state index is 13.1. The Balaban J connectivity index is 3.17. The van der Waals surface area contributed by atoms with Crippen molar-refractivity contribution in [3.8, 4) is 11.5 Å². The topological polar surface area (TPSA) is 66.8 Å². The highest BCUT2D eigenvalue weighted by Crippen LogP contribution is 2.34. The van der Waals surface area contributed by atoms with Crippen LogP contribution < -0.4 is 4.74 Å². The van der Waals surface area contributed by atoms with E-state index in [1.54, 1.807) is 6.92 Å². The molecule has 2 N–H and O–H groups in total. The van der Waals surface area contributed by atoms with E-state index >= 15 is 0 Å². The van der Waals surface area contributed by atoms with Crippen molar-refractivity contribution >= 4 is 5.97 Å². The van der Waals surface area contributed by atoms with E-state index in [0.717, 1.165) is 18.2 Å². The Kier molecular flexibility index (Phi) is 3.31. The second-order valence-electron chi connectivity index (χ2n) is 3.00. The van der Waals surface area contributed by atoms with E-state index in [9.17, 15) is 18.7 Å². The molecule has 88 valence electrons. The molecule has 0 unspecified atom stereocenters. The number of aliphatic carboxylic acids is 1. The maximum Gasteiger partial charge on any atom is 0.379 e. The lowest BCUT2D eigenvalue weighted by molar-refractivity contribution is -0.166. The number of carboxylic acid groups (broad SMARTS) is 1. The van der Waals surface area contributed by atoms with Crippen LogP contribution in [0, 0.1) is 0 Å². The van der Waals surface area contributed by atoms with Crippen molar-refractivity contribution in [2.75, 3.05) is 6.61 Å². The number of hydrogen-bond donors (Lipinski definition) is 2. The number of phenols is 1. The zero-order valence-electron chi connectivity index (χ0n) is 8.41. The van der Waals surface area contributed by atoms with Crippen LogP contribution in [0.15, 0.2) is 18.2 Å². The van der Waals surface area contributed by atoms with Crippen molar-refractivity contribution in [2.24, 2.45) is 0 Å². The Hall–Kier alpha value is -1.85. The van der Waals surface area contributed by atoms with E-state index in [2.05, 4.69) is 0 Å². The normalized spacial score (nSPS) is 11.2. The van der Waals surface area contributed by atoms with Crippen molar-refractivity contribution in [2.45, 2.75) is 12.8 Å². The molecule has 1 aromatic carbocycles. The number of halogens is 2. The van der Waals surface area contributed by atoms with E-state index in [0.29, 0.717) is 0 Å². The highest BCUT2D eigenvalue weighted by atomic mass is 19.3. The second kappa shape index (κ2) is 4.34. The third-order valence-electron chi connectivity index (χ3n) is 1.89. The van der Waals surface area contributed by atoms with Gasteiger partial charge in [-0.1, -0.05) is 0 Å². The van der Waals surface area contributed by atoms with Gasteiger partial charge in [0.15, 0.2) is 11.5 Å². The first-order chi connectivity index (χ1) is 7.39. The third-order valence-corrected chi connectivity index (χ3v) is 1.89. The number of alkyl halides is 2. The Labute approximate surface area is 90.1 Å². The molecular weight excluding hydrogens is 222 g/mol. The number of aromatic hydroxyl groups is 1. The fourth-order valence-electron chi connectivity index (χ4n) is 1.10. The fraction of sp³-hybridized carbons (Fsp3) is 0.300. The molecule has 6 heteroatoms. The van der Waals surface area contributed by atoms with E-state index in [-0.39, 0.29) is 18.1 Å². The molecule has 4 nitrogen and oxygen atoms in total. The molecule has 16 heavy (non-hydrogen) atoms. The minimum Gasteiger partial charge on any atom is -0.504 e. The zero-order chi connectivity index (χ0) is 12.3. The standard InChI is InChI=1S/C10H10F2O4/c1-2-16-8-5-6(3-4-7(8)13)10(11,12)9(14)15/h3-5,13H,2H2,1H3,(H,14,15). The Morgan fingerprint density at radius 1 is 1.50 bits per heavy atom. The molecule has 0 heterocycles. The Morgan fingerprint density at radius 3 is 2.62 bits per heavy atom. The van der Waals surface area contributed by atoms with Crippen molar-refractivity contribution in [3.63, 3.8) is 0 Å². The van der Waals surface area contributed by atoms with Gasteiger partial charge in [0, 0.05) is 5.56 Å². The zero-order valence-corrected chi connectivity index (χ0v) is 8.41. The number of carboxylic acids is 1. The summed E-state index contributed by atoms with van der Waals surface area (Å²) in [5.41, 5.74) is -0.735. The molecule has 0 radical (unpaired) electrons. The van der Waals surface area contributed by atoms with Crippen LogP contribution in [0.4, 0.5) is 8.78 Å². The predicted octanol–water partition coefficient (Wildman–Crippen LogP) is 1.97. The lowest BCUT2D eigenvalue weighted by Gasteiger charge is -2.13. The van der Waals surface area contributed by atoms with Crippen molar-refractivity contribution in [1.29, 1.82) is 0 Å². The molecule has 0 saturated carbocycles. The molecule has 0 atom stereocenters. The summed E-state index contributed by atoms with van der Waals surface area (Å²) in [6.07, 6.45) is 0. The molecule has 0 bridgehead atoms. The molecular formula is C10H10F2O4. The van der Waals surface area contributed by atoms with Crippen molar-refractivity contribution < 1.29 is 28.5 Å². The number of ether oxygens (including phenoxy) is 1. The van der Waals surface area contributed by atoms with E-state index in [4.69, 9.17) is 9.84 Å². The molecule has 1 aromatic rings. The van der Waals surface area contributed by atoms with Crippen molar-refractivity contribution in [3.05, 3.63) is 23.8 Å². The first kappa shape index (κ1) is 12.2. The van der Waals surface area contributed by atoms with E-state index in [1.807, 2.05) is 0 Å². The monoisotopic (exact) mass is 232 g/mol. The van der Waals surface area contributed by atoms with Crippen LogP contribution >= 0.6 is 0 Å². The minimum atomic E-state index is -4.00. The van der Waals surface area contributed by atoms with Gasteiger partial charge in [0.25, 0.3) is 0 Å². The number of carbonyl (C=O) groups is 1. The van der Waals surface area contributed by atoms with Gasteiger partial charge in [0.1, 0.15) is 0 Å². The van der Waals surface area contributed by atoms with Crippen LogP contribution in [0.5, 0.6) is 11.5 Å². The van der Waals surface area contributed by atoms with Crippen LogP contribution in [0.25, 0.3) is 0 Å². The molecule has 0 spiro atoms. The average Bonchev–Trinajstić information content (AvgIpc) is 2.21. The van der Waals surface area contributed by atoms with Gasteiger partial charge in [-0.3, -0.25) is 0 Å². The van der Waals surface area contributed by atoms with Crippen LogP contribution in [0.3, 0.4) is 0 Å². The highest BCUT2D eigenvalue weighted by Gasteiger charge is 2.41. The molecule has 0 aliphatic heterocycles. The minimum absolute atomic E-state index is 0.166. The summed E-state index contributed by atoms with van der Waals surface area (Å²) in [6, 6.07) is 2.62. The third kappa shape index (κ3) is 2.21. The molecule has 0 amide bonds. The van der Waals surface area contributed by atoms with Crippen LogP contribution in [0.2, 0.25) is 0 Å². The number of benzene rings is 1. The van der Waals surface area contributed by atoms with Gasteiger partial charge in [-0.25, -0.2) is 4.79 Å². The number of rotatable bonds is 4. The molecule has 0 aromatic heterocycles. The lowest BCUT2D eigenvalue weighted by Crippen LogP contribution is -2.25. The Bertz CT molecular complexity index is 404. The second-order valence-corrected chi connectivity index (χ2v) is 3.00. The maximum absolute atomic E-state index is 13.1. The quantitative estimate of drug-likeness (QED) is 0.832. The van der Waals surface area contributed by atoms with Gasteiger partial charge in [-0.05, 0) is 25.1 Å². The van der Waals surface area contributed by atoms with Gasteiger partial charge in [-0.2, -0.15) is 8.78 Å². The summed E-state index contributed by atoms with van der Waals surface area (Å²) in [4.78, 5) is 10.3. The van der Waals surface area contributed by atoms with Crippen LogP contribution in [-0.4, -0.2) is 22.8 Å². The molecule has 0 fully saturated rings. The smallest absolute Gasteiger partial charge is 0.379 e. The van der Waals surface area contributed by atoms with E-state index < -0.39 is 17.5 Å². The van der Waals surface area contributed by atoms with Gasteiger partial charge in [-0.15, -0.1) is 0 Å². The largest absolute Gasteiger partial charge is 0.504 e. The fourth-order valence-corrected chi connectivity index (χ4v) is 1.10. The highest BCUT2D eigenvalue weighted by molar-refractivity contribution is 5.77. The lowest BCUT2D eigenvalue weighted by atomic mass is 10.1. The molecule has 0 aliphatic rings. The summed E-state index contributed by atoms with van der Waals surface area (Å²) in [5.74, 6) is -6.73. The van der Waals surface area contributed by atoms with E-state index in [1.165, 1.54) is 0 Å². The van der Waals surface area contributed by atoms with Crippen molar-refractivity contribution in [1.82, 2.24) is 0 Å². The molecule has 0 aliphatic carbocycles.